The Bertz CT molecular complexity index is 1060. The van der Waals surface area contributed by atoms with E-state index in [1.807, 2.05) is 6.92 Å². The van der Waals surface area contributed by atoms with Gasteiger partial charge in [0.2, 0.25) is 0 Å². The topological polar surface area (TPSA) is 89.3 Å². The van der Waals surface area contributed by atoms with Crippen LogP contribution < -0.4 is 10.1 Å². The lowest BCUT2D eigenvalue weighted by Crippen LogP contribution is -2.42. The average molecular weight is 448 g/mol. The molecule has 2 heterocycles. The number of halogens is 3. The molecule has 0 fully saturated rings. The lowest BCUT2D eigenvalue weighted by atomic mass is 9.91. The molecule has 10 heteroatoms. The van der Waals surface area contributed by atoms with Gasteiger partial charge in [-0.2, -0.15) is 5.10 Å². The number of hydrogen-bond donors (Lipinski definition) is 2. The Morgan fingerprint density at radius 2 is 1.88 bits per heavy atom. The van der Waals surface area contributed by atoms with E-state index in [0.717, 1.165) is 12.1 Å². The molecule has 1 atom stereocenters. The number of benzene rings is 1. The Morgan fingerprint density at radius 1 is 1.19 bits per heavy atom. The second-order valence-electron chi connectivity index (χ2n) is 7.61. The summed E-state index contributed by atoms with van der Waals surface area (Å²) in [5, 5.41) is 17.7. The predicted octanol–water partition coefficient (Wildman–Crippen LogP) is 4.11. The summed E-state index contributed by atoms with van der Waals surface area (Å²) in [6.45, 7) is 5.24. The molecule has 0 unspecified atom stereocenters. The van der Waals surface area contributed by atoms with Crippen LogP contribution in [-0.4, -0.2) is 37.7 Å². The van der Waals surface area contributed by atoms with Crippen molar-refractivity contribution in [2.45, 2.75) is 45.3 Å². The second-order valence-corrected chi connectivity index (χ2v) is 7.61. The molecule has 0 radical (unpaired) electrons. The van der Waals surface area contributed by atoms with Crippen molar-refractivity contribution >= 4 is 5.91 Å². The highest BCUT2D eigenvalue weighted by atomic mass is 19.4. The van der Waals surface area contributed by atoms with Crippen LogP contribution in [0, 0.1) is 0 Å². The molecule has 0 aliphatic carbocycles. The van der Waals surface area contributed by atoms with Gasteiger partial charge in [0.25, 0.3) is 5.91 Å². The smallest absolute Gasteiger partial charge is 0.406 e. The Hall–Kier alpha value is -3.40. The molecule has 32 heavy (non-hydrogen) atoms. The SMILES string of the molecule is CCn1ncc(-c2ccccn2)c1C(=O)N[C@@H](c1ccc(OC(F)(F)F)cc1)C(C)(C)O. The van der Waals surface area contributed by atoms with Crippen LogP contribution in [0.3, 0.4) is 0 Å². The summed E-state index contributed by atoms with van der Waals surface area (Å²) in [6.07, 6.45) is -1.67. The van der Waals surface area contributed by atoms with Gasteiger partial charge >= 0.3 is 6.36 Å². The first-order valence-corrected chi connectivity index (χ1v) is 9.85. The number of aryl methyl sites for hydroxylation is 1. The number of rotatable bonds is 7. The van der Waals surface area contributed by atoms with Crippen molar-refractivity contribution in [2.75, 3.05) is 0 Å². The molecule has 0 saturated carbocycles. The quantitative estimate of drug-likeness (QED) is 0.568. The number of hydrogen-bond acceptors (Lipinski definition) is 5. The Balaban J connectivity index is 1.93. The molecule has 7 nitrogen and oxygen atoms in total. The van der Waals surface area contributed by atoms with E-state index in [2.05, 4.69) is 20.1 Å². The number of nitrogens with one attached hydrogen (secondary N) is 1. The molecule has 2 N–H and O–H groups in total. The molecule has 2 aromatic heterocycles. The fourth-order valence-corrected chi connectivity index (χ4v) is 3.30. The molecule has 170 valence electrons. The number of carbonyl (C=O) groups is 1. The summed E-state index contributed by atoms with van der Waals surface area (Å²) in [7, 11) is 0. The van der Waals surface area contributed by atoms with Gasteiger partial charge in [-0.3, -0.25) is 14.5 Å². The highest BCUT2D eigenvalue weighted by Crippen LogP contribution is 2.30. The third-order valence-electron chi connectivity index (χ3n) is 4.72. The standard InChI is InChI=1S/C22H23F3N4O3/c1-4-29-18(16(13-27-29)17-7-5-6-12-26-17)20(30)28-19(21(2,3)31)14-8-10-15(11-9-14)32-22(23,24)25/h5-13,19,31H,4H2,1-3H3,(H,28,30)/t19-/m0/s1. The van der Waals surface area contributed by atoms with Gasteiger partial charge in [0.15, 0.2) is 0 Å². The molecule has 0 spiro atoms. The maximum atomic E-state index is 13.3. The Morgan fingerprint density at radius 3 is 2.41 bits per heavy atom. The van der Waals surface area contributed by atoms with Gasteiger partial charge in [0, 0.05) is 12.7 Å². The summed E-state index contributed by atoms with van der Waals surface area (Å²) in [4.78, 5) is 17.6. The van der Waals surface area contributed by atoms with E-state index < -0.39 is 29.7 Å². The van der Waals surface area contributed by atoms with Crippen LogP contribution in [-0.2, 0) is 6.54 Å². The number of ether oxygens (including phenoxy) is 1. The maximum Gasteiger partial charge on any atom is 0.573 e. The van der Waals surface area contributed by atoms with Gasteiger partial charge in [-0.1, -0.05) is 18.2 Å². The summed E-state index contributed by atoms with van der Waals surface area (Å²) in [6, 6.07) is 9.35. The van der Waals surface area contributed by atoms with Crippen LogP contribution in [0.25, 0.3) is 11.3 Å². The van der Waals surface area contributed by atoms with Crippen molar-refractivity contribution in [2.24, 2.45) is 0 Å². The number of carbonyl (C=O) groups excluding carboxylic acids is 1. The van der Waals surface area contributed by atoms with E-state index in [9.17, 15) is 23.1 Å². The van der Waals surface area contributed by atoms with Gasteiger partial charge in [-0.25, -0.2) is 0 Å². The van der Waals surface area contributed by atoms with E-state index >= 15 is 0 Å². The minimum absolute atomic E-state index is 0.262. The first-order valence-electron chi connectivity index (χ1n) is 9.85. The van der Waals surface area contributed by atoms with Crippen LogP contribution in [0.2, 0.25) is 0 Å². The summed E-state index contributed by atoms with van der Waals surface area (Å²) in [5.74, 6) is -0.906. The number of aromatic nitrogens is 3. The molecule has 1 aromatic carbocycles. The molecular formula is C22H23F3N4O3. The van der Waals surface area contributed by atoms with E-state index in [1.54, 1.807) is 30.6 Å². The number of alkyl halides is 3. The largest absolute Gasteiger partial charge is 0.573 e. The lowest BCUT2D eigenvalue weighted by molar-refractivity contribution is -0.274. The fourth-order valence-electron chi connectivity index (χ4n) is 3.30. The fraction of sp³-hybridized carbons (Fsp3) is 0.318. The van der Waals surface area contributed by atoms with Crippen LogP contribution >= 0.6 is 0 Å². The lowest BCUT2D eigenvalue weighted by Gasteiger charge is -2.31. The highest BCUT2D eigenvalue weighted by Gasteiger charge is 2.33. The molecular weight excluding hydrogens is 425 g/mol. The normalized spacial score (nSPS) is 13.0. The zero-order valence-electron chi connectivity index (χ0n) is 17.7. The van der Waals surface area contributed by atoms with Crippen molar-refractivity contribution in [3.63, 3.8) is 0 Å². The van der Waals surface area contributed by atoms with Gasteiger partial charge in [-0.05, 0) is 50.6 Å². The average Bonchev–Trinajstić information content (AvgIpc) is 3.15. The zero-order chi connectivity index (χ0) is 23.5. The van der Waals surface area contributed by atoms with Crippen molar-refractivity contribution in [1.29, 1.82) is 0 Å². The molecule has 0 aliphatic rings. The van der Waals surface area contributed by atoms with Gasteiger partial charge < -0.3 is 15.2 Å². The van der Waals surface area contributed by atoms with E-state index in [-0.39, 0.29) is 5.69 Å². The minimum atomic E-state index is -4.81. The molecule has 1 amide bonds. The molecule has 0 bridgehead atoms. The van der Waals surface area contributed by atoms with E-state index in [4.69, 9.17) is 0 Å². The minimum Gasteiger partial charge on any atom is -0.406 e. The monoisotopic (exact) mass is 448 g/mol. The van der Waals surface area contributed by atoms with Gasteiger partial charge in [0.05, 0.1) is 29.1 Å². The summed E-state index contributed by atoms with van der Waals surface area (Å²) >= 11 is 0. The Labute approximate surface area is 182 Å². The molecule has 3 rings (SSSR count). The maximum absolute atomic E-state index is 13.3. The highest BCUT2D eigenvalue weighted by molar-refractivity contribution is 5.99. The van der Waals surface area contributed by atoms with Gasteiger partial charge in [0.1, 0.15) is 11.4 Å². The summed E-state index contributed by atoms with van der Waals surface area (Å²) in [5.41, 5.74) is 0.323. The third kappa shape index (κ3) is 5.44. The zero-order valence-corrected chi connectivity index (χ0v) is 17.7. The van der Waals surface area contributed by atoms with Crippen molar-refractivity contribution in [3.8, 4) is 17.0 Å². The predicted molar refractivity (Wildman–Crippen MR) is 111 cm³/mol. The second kappa shape index (κ2) is 8.99. The van der Waals surface area contributed by atoms with Crippen molar-refractivity contribution < 1.29 is 27.8 Å². The van der Waals surface area contributed by atoms with Crippen LogP contribution in [0.1, 0.15) is 42.9 Å². The number of aliphatic hydroxyl groups is 1. The first-order chi connectivity index (χ1) is 15.0. The van der Waals surface area contributed by atoms with Crippen molar-refractivity contribution in [3.05, 3.63) is 66.1 Å². The van der Waals surface area contributed by atoms with E-state index in [1.165, 1.54) is 30.7 Å². The van der Waals surface area contributed by atoms with Gasteiger partial charge in [-0.15, -0.1) is 13.2 Å². The molecule has 0 saturated heterocycles. The Kier molecular flexibility index (Phi) is 6.54. The summed E-state index contributed by atoms with van der Waals surface area (Å²) < 4.78 is 42.7. The van der Waals surface area contributed by atoms with Crippen molar-refractivity contribution in [1.82, 2.24) is 20.1 Å². The number of pyridine rings is 1. The molecule has 3 aromatic rings. The first kappa shape index (κ1) is 23.3. The number of nitrogens with zero attached hydrogens (tertiary/aromatic N) is 3. The third-order valence-corrected chi connectivity index (χ3v) is 4.72. The van der Waals surface area contributed by atoms with Crippen LogP contribution in [0.4, 0.5) is 13.2 Å². The van der Waals surface area contributed by atoms with Crippen LogP contribution in [0.5, 0.6) is 5.75 Å². The number of amides is 1. The van der Waals surface area contributed by atoms with Crippen LogP contribution in [0.15, 0.2) is 54.9 Å². The molecule has 0 aliphatic heterocycles. The van der Waals surface area contributed by atoms with E-state index in [0.29, 0.717) is 23.4 Å².